The maximum Gasteiger partial charge on any atom is 0.334 e. The van der Waals surface area contributed by atoms with Gasteiger partial charge in [-0.05, 0) is 38.1 Å². The van der Waals surface area contributed by atoms with Gasteiger partial charge in [0.1, 0.15) is 0 Å². The predicted octanol–water partition coefficient (Wildman–Crippen LogP) is 3.61. The van der Waals surface area contributed by atoms with E-state index in [-0.39, 0.29) is 11.3 Å². The van der Waals surface area contributed by atoms with Gasteiger partial charge in [0.15, 0.2) is 0 Å². The van der Waals surface area contributed by atoms with Crippen molar-refractivity contribution < 1.29 is 14.8 Å². The number of non-ortho nitro benzene ring substituents is 1. The van der Waals surface area contributed by atoms with Crippen molar-refractivity contribution in [2.75, 3.05) is 13.3 Å². The van der Waals surface area contributed by atoms with Gasteiger partial charge in [0.25, 0.3) is 5.69 Å². The van der Waals surface area contributed by atoms with Crippen molar-refractivity contribution in [2.45, 2.75) is 19.8 Å². The highest BCUT2D eigenvalue weighted by Gasteiger charge is 2.34. The number of hydrogen-bond acceptors (Lipinski definition) is 4. The Morgan fingerprint density at radius 2 is 1.96 bits per heavy atom. The van der Waals surface area contributed by atoms with Crippen LogP contribution >= 0.6 is 7.92 Å². The van der Waals surface area contributed by atoms with Crippen molar-refractivity contribution in [1.29, 1.82) is 0 Å². The molecule has 1 aromatic rings. The SMILES string of the molecule is CC1=C(C(=O)O)C(c2cccc([N+](=O)[O-])c2)C(P(C)C)=C(C)N1. The van der Waals surface area contributed by atoms with Crippen LogP contribution in [0.5, 0.6) is 0 Å². The Hall–Kier alpha value is -2.20. The maximum absolute atomic E-state index is 11.8. The van der Waals surface area contributed by atoms with Crippen molar-refractivity contribution in [2.24, 2.45) is 0 Å². The van der Waals surface area contributed by atoms with E-state index in [1.807, 2.05) is 6.92 Å². The molecular weight excluding hydrogens is 315 g/mol. The Bertz CT molecular complexity index is 737. The number of allylic oxidation sites excluding steroid dienone is 3. The second-order valence-electron chi connectivity index (χ2n) is 5.66. The minimum atomic E-state index is -1.01. The average Bonchev–Trinajstić information content (AvgIpc) is 2.45. The van der Waals surface area contributed by atoms with Crippen LogP contribution in [0.3, 0.4) is 0 Å². The summed E-state index contributed by atoms with van der Waals surface area (Å²) in [7, 11) is -0.567. The van der Waals surface area contributed by atoms with E-state index >= 15 is 0 Å². The zero-order valence-corrected chi connectivity index (χ0v) is 14.3. The second-order valence-corrected chi connectivity index (χ2v) is 7.93. The summed E-state index contributed by atoms with van der Waals surface area (Å²) in [6, 6.07) is 6.24. The highest BCUT2D eigenvalue weighted by Crippen LogP contribution is 2.52. The molecule has 7 heteroatoms. The molecule has 1 aromatic carbocycles. The summed E-state index contributed by atoms with van der Waals surface area (Å²) in [5.74, 6) is -1.47. The number of benzene rings is 1. The lowest BCUT2D eigenvalue weighted by Crippen LogP contribution is -2.27. The fourth-order valence-corrected chi connectivity index (χ4v) is 4.52. The van der Waals surface area contributed by atoms with Gasteiger partial charge in [-0.2, -0.15) is 0 Å². The third kappa shape index (κ3) is 3.27. The molecular formula is C16H19N2O4P. The van der Waals surface area contributed by atoms with E-state index in [0.29, 0.717) is 11.3 Å². The van der Waals surface area contributed by atoms with Gasteiger partial charge >= 0.3 is 5.97 Å². The number of carboxylic acid groups (broad SMARTS) is 1. The summed E-state index contributed by atoms with van der Waals surface area (Å²) in [6.07, 6.45) is 0. The molecule has 1 unspecified atom stereocenters. The van der Waals surface area contributed by atoms with Crippen LogP contribution in [0.15, 0.2) is 46.5 Å². The fraction of sp³-hybridized carbons (Fsp3) is 0.312. The number of hydrogen-bond donors (Lipinski definition) is 2. The number of nitro benzene ring substituents is 1. The standard InChI is InChI=1S/C16H19N2O4P/c1-9-13(16(19)20)14(15(23(3)4)10(2)17-9)11-6-5-7-12(8-11)18(21)22/h5-8,14,17H,1-4H3,(H,19,20). The smallest absolute Gasteiger partial charge is 0.334 e. The summed E-state index contributed by atoms with van der Waals surface area (Å²) in [6.45, 7) is 7.76. The van der Waals surface area contributed by atoms with E-state index in [1.165, 1.54) is 12.1 Å². The van der Waals surface area contributed by atoms with Crippen molar-refractivity contribution in [3.05, 3.63) is 62.2 Å². The van der Waals surface area contributed by atoms with Crippen molar-refractivity contribution >= 4 is 19.6 Å². The van der Waals surface area contributed by atoms with Gasteiger partial charge in [-0.25, -0.2) is 4.79 Å². The number of rotatable bonds is 4. The molecule has 0 fully saturated rings. The van der Waals surface area contributed by atoms with Crippen LogP contribution in [0.2, 0.25) is 0 Å². The maximum atomic E-state index is 11.8. The molecule has 0 spiro atoms. The third-order valence-corrected chi connectivity index (χ3v) is 5.41. The molecule has 1 aliphatic rings. The van der Waals surface area contributed by atoms with Gasteiger partial charge in [0.2, 0.25) is 0 Å². The summed E-state index contributed by atoms with van der Waals surface area (Å²) >= 11 is 0. The topological polar surface area (TPSA) is 92.5 Å². The number of carbonyl (C=O) groups is 1. The summed E-state index contributed by atoms with van der Waals surface area (Å²) in [4.78, 5) is 22.4. The number of carboxylic acids is 1. The van der Waals surface area contributed by atoms with Crippen LogP contribution in [-0.2, 0) is 4.79 Å². The summed E-state index contributed by atoms with van der Waals surface area (Å²) in [5.41, 5.74) is 2.37. The van der Waals surface area contributed by atoms with E-state index in [4.69, 9.17) is 0 Å². The molecule has 2 N–H and O–H groups in total. The molecule has 1 heterocycles. The molecule has 6 nitrogen and oxygen atoms in total. The van der Waals surface area contributed by atoms with Gasteiger partial charge in [-0.15, -0.1) is 0 Å². The first kappa shape index (κ1) is 17.2. The van der Waals surface area contributed by atoms with Crippen LogP contribution in [0.25, 0.3) is 0 Å². The molecule has 0 saturated heterocycles. The normalized spacial score (nSPS) is 18.2. The molecule has 122 valence electrons. The Balaban J connectivity index is 2.69. The van der Waals surface area contributed by atoms with Crippen LogP contribution in [0.1, 0.15) is 25.3 Å². The molecule has 0 radical (unpaired) electrons. The molecule has 0 aliphatic carbocycles. The quantitative estimate of drug-likeness (QED) is 0.498. The predicted molar refractivity (Wildman–Crippen MR) is 90.8 cm³/mol. The average molecular weight is 334 g/mol. The number of nitro groups is 1. The molecule has 0 aromatic heterocycles. The molecule has 1 atom stereocenters. The highest BCUT2D eigenvalue weighted by atomic mass is 31.1. The van der Waals surface area contributed by atoms with Crippen molar-refractivity contribution in [1.82, 2.24) is 5.32 Å². The van der Waals surface area contributed by atoms with E-state index in [9.17, 15) is 20.0 Å². The van der Waals surface area contributed by atoms with Gasteiger partial charge < -0.3 is 10.4 Å². The number of nitrogens with one attached hydrogen (secondary N) is 1. The van der Waals surface area contributed by atoms with Gasteiger partial charge in [-0.3, -0.25) is 10.1 Å². The van der Waals surface area contributed by atoms with Gasteiger partial charge in [0.05, 0.1) is 10.5 Å². The van der Waals surface area contributed by atoms with Crippen LogP contribution in [-0.4, -0.2) is 29.3 Å². The minimum Gasteiger partial charge on any atom is -0.478 e. The van der Waals surface area contributed by atoms with Gasteiger partial charge in [-0.1, -0.05) is 20.1 Å². The molecule has 0 amide bonds. The Kier molecular flexibility index (Phi) is 4.85. The lowest BCUT2D eigenvalue weighted by molar-refractivity contribution is -0.384. The first-order valence-corrected chi connectivity index (χ1v) is 9.31. The van der Waals surface area contributed by atoms with Gasteiger partial charge in [0, 0.05) is 29.4 Å². The zero-order chi connectivity index (χ0) is 17.3. The highest BCUT2D eigenvalue weighted by molar-refractivity contribution is 7.60. The first-order valence-electron chi connectivity index (χ1n) is 7.07. The largest absolute Gasteiger partial charge is 0.478 e. The Labute approximate surface area is 135 Å². The van der Waals surface area contributed by atoms with Crippen LogP contribution in [0, 0.1) is 10.1 Å². The molecule has 1 aliphatic heterocycles. The lowest BCUT2D eigenvalue weighted by atomic mass is 9.86. The monoisotopic (exact) mass is 334 g/mol. The Morgan fingerprint density at radius 1 is 1.30 bits per heavy atom. The molecule has 0 bridgehead atoms. The van der Waals surface area contributed by atoms with E-state index in [0.717, 1.165) is 11.0 Å². The second kappa shape index (κ2) is 6.50. The van der Waals surface area contributed by atoms with Crippen LogP contribution in [0.4, 0.5) is 5.69 Å². The van der Waals surface area contributed by atoms with Crippen LogP contribution < -0.4 is 5.32 Å². The van der Waals surface area contributed by atoms with E-state index < -0.39 is 24.7 Å². The zero-order valence-electron chi connectivity index (χ0n) is 13.5. The molecule has 23 heavy (non-hydrogen) atoms. The third-order valence-electron chi connectivity index (χ3n) is 3.85. The fourth-order valence-electron chi connectivity index (χ4n) is 3.00. The van der Waals surface area contributed by atoms with Crippen molar-refractivity contribution in [3.8, 4) is 0 Å². The van der Waals surface area contributed by atoms with E-state index in [1.54, 1.807) is 19.1 Å². The molecule has 0 saturated carbocycles. The Morgan fingerprint density at radius 3 is 2.48 bits per heavy atom. The summed E-state index contributed by atoms with van der Waals surface area (Å²) in [5, 5.41) is 24.9. The number of nitrogens with zero attached hydrogens (tertiary/aromatic N) is 1. The summed E-state index contributed by atoms with van der Waals surface area (Å²) < 4.78 is 0. The first-order chi connectivity index (χ1) is 10.7. The lowest BCUT2D eigenvalue weighted by Gasteiger charge is -2.32. The number of aliphatic carboxylic acids is 1. The number of dihydropyridines is 1. The minimum absolute atomic E-state index is 0.0306. The molecule has 2 rings (SSSR count). The van der Waals surface area contributed by atoms with Crippen molar-refractivity contribution in [3.63, 3.8) is 0 Å². The van der Waals surface area contributed by atoms with E-state index in [2.05, 4.69) is 18.6 Å².